The van der Waals surface area contributed by atoms with E-state index in [1.54, 1.807) is 35.6 Å². The van der Waals surface area contributed by atoms with Crippen LogP contribution in [0.4, 0.5) is 15.7 Å². The van der Waals surface area contributed by atoms with Crippen LogP contribution in [-0.4, -0.2) is 20.8 Å². The minimum Gasteiger partial charge on any atom is -0.292 e. The van der Waals surface area contributed by atoms with E-state index in [1.807, 2.05) is 0 Å². The first-order valence-corrected chi connectivity index (χ1v) is 5.09. The number of amides is 2. The molecule has 0 aliphatic carbocycles. The van der Waals surface area contributed by atoms with Gasteiger partial charge < -0.3 is 0 Å². The van der Waals surface area contributed by atoms with E-state index in [2.05, 4.69) is 20.7 Å². The highest BCUT2D eigenvalue weighted by Crippen LogP contribution is 2.11. The summed E-state index contributed by atoms with van der Waals surface area (Å²) in [4.78, 5) is 15.4. The summed E-state index contributed by atoms with van der Waals surface area (Å²) in [7, 11) is 1.75. The minimum atomic E-state index is -0.325. The highest BCUT2D eigenvalue weighted by Gasteiger charge is 2.05. The standard InChI is InChI=1S/C8H9N5OS/c1-13-6(2-3-10-13)11-7(14)12-8-9-4-5-15-8/h2-5H,1H3,(H2,9,11,12,14). The Morgan fingerprint density at radius 1 is 1.47 bits per heavy atom. The van der Waals surface area contributed by atoms with Crippen molar-refractivity contribution in [1.29, 1.82) is 0 Å². The van der Waals surface area contributed by atoms with E-state index < -0.39 is 0 Å². The lowest BCUT2D eigenvalue weighted by Gasteiger charge is -2.04. The number of carbonyl (C=O) groups is 1. The van der Waals surface area contributed by atoms with Gasteiger partial charge in [0.1, 0.15) is 5.82 Å². The average Bonchev–Trinajstić information content (AvgIpc) is 2.79. The Bertz CT molecular complexity index is 449. The molecule has 7 heteroatoms. The lowest BCUT2D eigenvalue weighted by molar-refractivity contribution is 0.262. The monoisotopic (exact) mass is 223 g/mol. The van der Waals surface area contributed by atoms with Crippen molar-refractivity contribution in [2.45, 2.75) is 0 Å². The van der Waals surface area contributed by atoms with Gasteiger partial charge in [-0.25, -0.2) is 9.78 Å². The molecule has 0 fully saturated rings. The summed E-state index contributed by atoms with van der Waals surface area (Å²) in [6.07, 6.45) is 3.24. The van der Waals surface area contributed by atoms with Crippen molar-refractivity contribution in [2.75, 3.05) is 10.6 Å². The topological polar surface area (TPSA) is 71.8 Å². The molecule has 0 aliphatic rings. The van der Waals surface area contributed by atoms with Crippen molar-refractivity contribution < 1.29 is 4.79 Å². The summed E-state index contributed by atoms with van der Waals surface area (Å²) in [5, 5.41) is 11.5. The lowest BCUT2D eigenvalue weighted by Crippen LogP contribution is -2.20. The molecule has 0 radical (unpaired) electrons. The van der Waals surface area contributed by atoms with Gasteiger partial charge in [0, 0.05) is 24.7 Å². The van der Waals surface area contributed by atoms with Gasteiger partial charge in [-0.1, -0.05) is 0 Å². The Morgan fingerprint density at radius 2 is 2.33 bits per heavy atom. The maximum Gasteiger partial charge on any atom is 0.326 e. The molecule has 0 spiro atoms. The van der Waals surface area contributed by atoms with Crippen LogP contribution < -0.4 is 10.6 Å². The van der Waals surface area contributed by atoms with Crippen LogP contribution in [0.2, 0.25) is 0 Å². The zero-order valence-corrected chi connectivity index (χ0v) is 8.78. The van der Waals surface area contributed by atoms with Crippen LogP contribution in [0.15, 0.2) is 23.8 Å². The number of rotatable bonds is 2. The van der Waals surface area contributed by atoms with Crippen molar-refractivity contribution in [3.8, 4) is 0 Å². The molecule has 0 aromatic carbocycles. The van der Waals surface area contributed by atoms with Gasteiger partial charge >= 0.3 is 6.03 Å². The van der Waals surface area contributed by atoms with Crippen molar-refractivity contribution in [3.05, 3.63) is 23.8 Å². The number of nitrogens with zero attached hydrogens (tertiary/aromatic N) is 3. The first-order valence-electron chi connectivity index (χ1n) is 4.21. The van der Waals surface area contributed by atoms with E-state index in [0.717, 1.165) is 0 Å². The summed E-state index contributed by atoms with van der Waals surface area (Å²) >= 11 is 1.36. The molecule has 2 heterocycles. The van der Waals surface area contributed by atoms with E-state index in [4.69, 9.17) is 0 Å². The summed E-state index contributed by atoms with van der Waals surface area (Å²) in [6.45, 7) is 0. The van der Waals surface area contributed by atoms with Crippen LogP contribution in [0.1, 0.15) is 0 Å². The Morgan fingerprint density at radius 3 is 2.93 bits per heavy atom. The molecule has 0 bridgehead atoms. The Hall–Kier alpha value is -1.89. The molecule has 78 valence electrons. The second-order valence-corrected chi connectivity index (χ2v) is 3.65. The number of thiazole rings is 1. The summed E-state index contributed by atoms with van der Waals surface area (Å²) in [5.74, 6) is 0.629. The number of aromatic nitrogens is 3. The van der Waals surface area contributed by atoms with Gasteiger partial charge in [0.25, 0.3) is 0 Å². The molecular formula is C8H9N5OS. The maximum absolute atomic E-state index is 11.4. The van der Waals surface area contributed by atoms with Crippen molar-refractivity contribution in [3.63, 3.8) is 0 Å². The van der Waals surface area contributed by atoms with Crippen LogP contribution >= 0.6 is 11.3 Å². The Labute approximate surface area is 89.9 Å². The first-order chi connectivity index (χ1) is 7.25. The van der Waals surface area contributed by atoms with Crippen LogP contribution in [0, 0.1) is 0 Å². The zero-order chi connectivity index (χ0) is 10.7. The number of aryl methyl sites for hydroxylation is 1. The number of carbonyl (C=O) groups excluding carboxylic acids is 1. The van der Waals surface area contributed by atoms with Crippen LogP contribution in [-0.2, 0) is 7.05 Å². The maximum atomic E-state index is 11.4. The zero-order valence-electron chi connectivity index (χ0n) is 7.97. The predicted molar refractivity (Wildman–Crippen MR) is 58.0 cm³/mol. The quantitative estimate of drug-likeness (QED) is 0.810. The first kappa shape index (κ1) is 9.66. The molecule has 2 amide bonds. The molecule has 0 saturated carbocycles. The number of hydrogen-bond donors (Lipinski definition) is 2. The Balaban J connectivity index is 1.96. The molecule has 0 unspecified atom stereocenters. The highest BCUT2D eigenvalue weighted by atomic mass is 32.1. The molecule has 0 aliphatic heterocycles. The van der Waals surface area contributed by atoms with Crippen LogP contribution in [0.3, 0.4) is 0 Å². The molecule has 6 nitrogen and oxygen atoms in total. The average molecular weight is 223 g/mol. The fourth-order valence-electron chi connectivity index (χ4n) is 1.03. The van der Waals surface area contributed by atoms with Gasteiger partial charge in [-0.3, -0.25) is 15.3 Å². The summed E-state index contributed by atoms with van der Waals surface area (Å²) in [6, 6.07) is 1.38. The second kappa shape index (κ2) is 4.09. The largest absolute Gasteiger partial charge is 0.326 e. The van der Waals surface area contributed by atoms with Gasteiger partial charge in [0.05, 0.1) is 6.20 Å². The third-order valence-electron chi connectivity index (χ3n) is 1.72. The SMILES string of the molecule is Cn1nccc1NC(=O)Nc1nccs1. The predicted octanol–water partition coefficient (Wildman–Crippen LogP) is 1.52. The van der Waals surface area contributed by atoms with E-state index in [-0.39, 0.29) is 6.03 Å². The molecule has 2 aromatic heterocycles. The van der Waals surface area contributed by atoms with Crippen molar-refractivity contribution in [1.82, 2.24) is 14.8 Å². The van der Waals surface area contributed by atoms with Crippen molar-refractivity contribution >= 4 is 28.3 Å². The van der Waals surface area contributed by atoms with E-state index in [0.29, 0.717) is 10.9 Å². The summed E-state index contributed by atoms with van der Waals surface area (Å²) < 4.78 is 1.57. The van der Waals surface area contributed by atoms with Gasteiger partial charge in [0.15, 0.2) is 5.13 Å². The molecule has 2 N–H and O–H groups in total. The minimum absolute atomic E-state index is 0.325. The molecule has 15 heavy (non-hydrogen) atoms. The van der Waals surface area contributed by atoms with Gasteiger partial charge in [-0.2, -0.15) is 5.10 Å². The Kier molecular flexibility index (Phi) is 2.64. The highest BCUT2D eigenvalue weighted by molar-refractivity contribution is 7.13. The van der Waals surface area contributed by atoms with Gasteiger partial charge in [-0.15, -0.1) is 11.3 Å². The third-order valence-corrected chi connectivity index (χ3v) is 2.40. The lowest BCUT2D eigenvalue weighted by atomic mass is 10.6. The smallest absolute Gasteiger partial charge is 0.292 e. The van der Waals surface area contributed by atoms with Crippen LogP contribution in [0.25, 0.3) is 0 Å². The second-order valence-electron chi connectivity index (χ2n) is 2.76. The fraction of sp³-hybridized carbons (Fsp3) is 0.125. The molecular weight excluding hydrogens is 214 g/mol. The molecule has 0 saturated heterocycles. The normalized spacial score (nSPS) is 9.93. The molecule has 2 rings (SSSR count). The van der Waals surface area contributed by atoms with E-state index in [1.165, 1.54) is 11.3 Å². The number of anilines is 2. The number of nitrogens with one attached hydrogen (secondary N) is 2. The van der Waals surface area contributed by atoms with E-state index in [9.17, 15) is 4.79 Å². The van der Waals surface area contributed by atoms with Crippen LogP contribution in [0.5, 0.6) is 0 Å². The molecule has 2 aromatic rings. The van der Waals surface area contributed by atoms with Gasteiger partial charge in [0.2, 0.25) is 0 Å². The number of hydrogen-bond acceptors (Lipinski definition) is 4. The third kappa shape index (κ3) is 2.32. The van der Waals surface area contributed by atoms with Crippen molar-refractivity contribution in [2.24, 2.45) is 7.05 Å². The molecule has 0 atom stereocenters. The fourth-order valence-corrected chi connectivity index (χ4v) is 1.55. The van der Waals surface area contributed by atoms with Gasteiger partial charge in [-0.05, 0) is 0 Å². The number of urea groups is 1. The summed E-state index contributed by atoms with van der Waals surface area (Å²) in [5.41, 5.74) is 0. The van der Waals surface area contributed by atoms with E-state index >= 15 is 0 Å².